The number of cyclic esters (lactones) is 1. The van der Waals surface area contributed by atoms with Crippen LogP contribution in [0.25, 0.3) is 0 Å². The predicted octanol–water partition coefficient (Wildman–Crippen LogP) is -0.176. The van der Waals surface area contributed by atoms with Gasteiger partial charge in [0.1, 0.15) is 0 Å². The van der Waals surface area contributed by atoms with E-state index < -0.39 is 17.7 Å². The van der Waals surface area contributed by atoms with Gasteiger partial charge in [0.2, 0.25) is 0 Å². The summed E-state index contributed by atoms with van der Waals surface area (Å²) >= 11 is 0. The SMILES string of the molecule is CC1CC2C(O)CCC2(O)C(=O)O1. The van der Waals surface area contributed by atoms with Gasteiger partial charge in [-0.25, -0.2) is 4.79 Å². The summed E-state index contributed by atoms with van der Waals surface area (Å²) in [6.07, 6.45) is 0.627. The standard InChI is InChI=1S/C9H14O4/c1-5-4-6-7(10)2-3-9(6,12)8(11)13-5/h5-7,10,12H,2-4H2,1H3. The van der Waals surface area contributed by atoms with Crippen LogP contribution in [0.2, 0.25) is 0 Å². The largest absolute Gasteiger partial charge is 0.461 e. The van der Waals surface area contributed by atoms with Gasteiger partial charge in [0, 0.05) is 5.92 Å². The molecule has 2 aliphatic rings. The summed E-state index contributed by atoms with van der Waals surface area (Å²) in [6, 6.07) is 0. The molecule has 0 radical (unpaired) electrons. The van der Waals surface area contributed by atoms with E-state index in [1.165, 1.54) is 0 Å². The molecular weight excluding hydrogens is 172 g/mol. The number of carbonyl (C=O) groups is 1. The second-order valence-electron chi connectivity index (χ2n) is 4.09. The molecule has 4 atom stereocenters. The van der Waals surface area contributed by atoms with Gasteiger partial charge in [0.25, 0.3) is 0 Å². The van der Waals surface area contributed by atoms with E-state index in [1.54, 1.807) is 6.92 Å². The van der Waals surface area contributed by atoms with Gasteiger partial charge < -0.3 is 14.9 Å². The third-order valence-electron chi connectivity index (χ3n) is 3.15. The summed E-state index contributed by atoms with van der Waals surface area (Å²) in [5, 5.41) is 19.5. The first-order chi connectivity index (χ1) is 6.04. The molecule has 1 saturated carbocycles. The van der Waals surface area contributed by atoms with Crippen LogP contribution < -0.4 is 0 Å². The maximum Gasteiger partial charge on any atom is 0.338 e. The van der Waals surface area contributed by atoms with E-state index in [0.29, 0.717) is 19.3 Å². The minimum absolute atomic E-state index is 0.189. The monoisotopic (exact) mass is 186 g/mol. The number of hydrogen-bond donors (Lipinski definition) is 2. The van der Waals surface area contributed by atoms with Crippen molar-refractivity contribution in [1.82, 2.24) is 0 Å². The lowest BCUT2D eigenvalue weighted by Gasteiger charge is -2.36. The number of aliphatic hydroxyl groups excluding tert-OH is 1. The first kappa shape index (κ1) is 8.97. The molecule has 4 unspecified atom stereocenters. The van der Waals surface area contributed by atoms with Crippen LogP contribution in [-0.4, -0.2) is 34.0 Å². The van der Waals surface area contributed by atoms with E-state index in [2.05, 4.69) is 0 Å². The summed E-state index contributed by atoms with van der Waals surface area (Å²) in [4.78, 5) is 11.4. The van der Waals surface area contributed by atoms with E-state index >= 15 is 0 Å². The second-order valence-corrected chi connectivity index (χ2v) is 4.09. The normalized spacial score (nSPS) is 50.1. The Morgan fingerprint density at radius 1 is 1.62 bits per heavy atom. The number of hydrogen-bond acceptors (Lipinski definition) is 4. The van der Waals surface area contributed by atoms with Crippen LogP contribution >= 0.6 is 0 Å². The Morgan fingerprint density at radius 2 is 2.31 bits per heavy atom. The Hall–Kier alpha value is -0.610. The Kier molecular flexibility index (Phi) is 1.85. The molecule has 1 saturated heterocycles. The predicted molar refractivity (Wildman–Crippen MR) is 43.9 cm³/mol. The first-order valence-corrected chi connectivity index (χ1v) is 4.65. The third-order valence-corrected chi connectivity index (χ3v) is 3.15. The van der Waals surface area contributed by atoms with Gasteiger partial charge in [-0.05, 0) is 26.2 Å². The van der Waals surface area contributed by atoms with E-state index in [4.69, 9.17) is 4.74 Å². The van der Waals surface area contributed by atoms with Crippen molar-refractivity contribution in [2.75, 3.05) is 0 Å². The molecule has 2 rings (SSSR count). The molecule has 0 spiro atoms. The fraction of sp³-hybridized carbons (Fsp3) is 0.889. The van der Waals surface area contributed by atoms with Gasteiger partial charge in [-0.3, -0.25) is 0 Å². The number of rotatable bonds is 0. The highest BCUT2D eigenvalue weighted by Gasteiger charge is 2.56. The summed E-state index contributed by atoms with van der Waals surface area (Å²) in [6.45, 7) is 1.78. The van der Waals surface area contributed by atoms with Crippen molar-refractivity contribution in [3.05, 3.63) is 0 Å². The van der Waals surface area contributed by atoms with Gasteiger partial charge in [0.15, 0.2) is 5.60 Å². The Labute approximate surface area is 76.5 Å². The third kappa shape index (κ3) is 1.16. The fourth-order valence-electron chi connectivity index (χ4n) is 2.37. The van der Waals surface area contributed by atoms with Gasteiger partial charge in [-0.15, -0.1) is 0 Å². The van der Waals surface area contributed by atoms with Crippen molar-refractivity contribution in [2.24, 2.45) is 5.92 Å². The van der Waals surface area contributed by atoms with Crippen LogP contribution in [0.4, 0.5) is 0 Å². The van der Waals surface area contributed by atoms with Crippen LogP contribution in [0, 0.1) is 5.92 Å². The molecule has 1 heterocycles. The molecule has 0 aromatic carbocycles. The zero-order chi connectivity index (χ0) is 9.64. The summed E-state index contributed by atoms with van der Waals surface area (Å²) in [7, 11) is 0. The number of aliphatic hydroxyl groups is 2. The molecule has 2 fully saturated rings. The van der Waals surface area contributed by atoms with Gasteiger partial charge >= 0.3 is 5.97 Å². The second kappa shape index (κ2) is 2.69. The molecule has 1 aliphatic heterocycles. The van der Waals surface area contributed by atoms with Crippen molar-refractivity contribution in [3.63, 3.8) is 0 Å². The maximum atomic E-state index is 11.4. The summed E-state index contributed by atoms with van der Waals surface area (Å²) in [5.74, 6) is -0.892. The molecular formula is C9H14O4. The Bertz CT molecular complexity index is 240. The van der Waals surface area contributed by atoms with E-state index in [1.807, 2.05) is 0 Å². The molecule has 4 heteroatoms. The average Bonchev–Trinajstić information content (AvgIpc) is 2.33. The fourth-order valence-corrected chi connectivity index (χ4v) is 2.37. The zero-order valence-electron chi connectivity index (χ0n) is 7.56. The average molecular weight is 186 g/mol. The minimum Gasteiger partial charge on any atom is -0.461 e. The Morgan fingerprint density at radius 3 is 3.00 bits per heavy atom. The van der Waals surface area contributed by atoms with Crippen LogP contribution in [-0.2, 0) is 9.53 Å². The molecule has 74 valence electrons. The summed E-state index contributed by atoms with van der Waals surface area (Å²) in [5.41, 5.74) is -1.41. The molecule has 1 aliphatic carbocycles. The lowest BCUT2D eigenvalue weighted by Crippen LogP contribution is -2.52. The number of esters is 1. The van der Waals surface area contributed by atoms with Crippen LogP contribution in [0.15, 0.2) is 0 Å². The number of ether oxygens (including phenoxy) is 1. The smallest absolute Gasteiger partial charge is 0.338 e. The van der Waals surface area contributed by atoms with Crippen molar-refractivity contribution < 1.29 is 19.7 Å². The topological polar surface area (TPSA) is 66.8 Å². The lowest BCUT2D eigenvalue weighted by molar-refractivity contribution is -0.191. The first-order valence-electron chi connectivity index (χ1n) is 4.65. The van der Waals surface area contributed by atoms with Gasteiger partial charge in [0.05, 0.1) is 12.2 Å². The molecule has 0 bridgehead atoms. The minimum atomic E-state index is -1.41. The molecule has 4 nitrogen and oxygen atoms in total. The van der Waals surface area contributed by atoms with Crippen LogP contribution in [0.3, 0.4) is 0 Å². The van der Waals surface area contributed by atoms with E-state index in [0.717, 1.165) is 0 Å². The quantitative estimate of drug-likeness (QED) is 0.515. The van der Waals surface area contributed by atoms with Crippen LogP contribution in [0.1, 0.15) is 26.2 Å². The molecule has 13 heavy (non-hydrogen) atoms. The van der Waals surface area contributed by atoms with E-state index in [9.17, 15) is 15.0 Å². The lowest BCUT2D eigenvalue weighted by atomic mass is 9.83. The van der Waals surface area contributed by atoms with Crippen LogP contribution in [0.5, 0.6) is 0 Å². The number of fused-ring (bicyclic) bond motifs is 1. The van der Waals surface area contributed by atoms with Crippen molar-refractivity contribution in [2.45, 2.75) is 44.0 Å². The van der Waals surface area contributed by atoms with Crippen molar-refractivity contribution in [3.8, 4) is 0 Å². The maximum absolute atomic E-state index is 11.4. The Balaban J connectivity index is 2.26. The summed E-state index contributed by atoms with van der Waals surface area (Å²) < 4.78 is 4.95. The number of carbonyl (C=O) groups excluding carboxylic acids is 1. The van der Waals surface area contributed by atoms with Crippen molar-refractivity contribution in [1.29, 1.82) is 0 Å². The zero-order valence-corrected chi connectivity index (χ0v) is 7.56. The molecule has 0 aromatic heterocycles. The van der Waals surface area contributed by atoms with E-state index in [-0.39, 0.29) is 12.0 Å². The molecule has 0 aromatic rings. The van der Waals surface area contributed by atoms with Gasteiger partial charge in [-0.2, -0.15) is 0 Å². The highest BCUT2D eigenvalue weighted by molar-refractivity contribution is 5.81. The van der Waals surface area contributed by atoms with Crippen molar-refractivity contribution >= 4 is 5.97 Å². The van der Waals surface area contributed by atoms with Gasteiger partial charge in [-0.1, -0.05) is 0 Å². The molecule has 2 N–H and O–H groups in total. The molecule has 0 amide bonds. The highest BCUT2D eigenvalue weighted by Crippen LogP contribution is 2.43. The highest BCUT2D eigenvalue weighted by atomic mass is 16.6.